The number of nitrogens with one attached hydrogen (secondary N) is 1. The first-order valence-electron chi connectivity index (χ1n) is 13.2. The number of amides is 2. The van der Waals surface area contributed by atoms with Crippen LogP contribution in [0.4, 0.5) is 10.1 Å². The van der Waals surface area contributed by atoms with Gasteiger partial charge in [-0.1, -0.05) is 31.2 Å². The summed E-state index contributed by atoms with van der Waals surface area (Å²) in [6.07, 6.45) is 0.269. The Hall–Kier alpha value is -4.12. The number of halogens is 1. The van der Waals surface area contributed by atoms with E-state index in [9.17, 15) is 22.4 Å². The molecule has 2 amide bonds. The van der Waals surface area contributed by atoms with Crippen LogP contribution in [0, 0.1) is 5.82 Å². The molecule has 3 aromatic rings. The average Bonchev–Trinajstić information content (AvgIpc) is 2.96. The molecule has 0 fully saturated rings. The molecule has 41 heavy (non-hydrogen) atoms. The number of anilines is 1. The maximum atomic E-state index is 14.1. The number of hydrogen-bond donors (Lipinski definition) is 1. The SMILES string of the molecule is CCC(C(=O)NC(C)C)N(Cc1ccc(F)cc1)C(=O)CN(c1ccccc1OC)S(=O)(=O)c1ccc(OC)cc1. The third-order valence-electron chi connectivity index (χ3n) is 6.36. The molecule has 0 radical (unpaired) electrons. The molecule has 0 aromatic heterocycles. The molecule has 3 aromatic carbocycles. The number of rotatable bonds is 13. The summed E-state index contributed by atoms with van der Waals surface area (Å²) in [6, 6.07) is 16.8. The van der Waals surface area contributed by atoms with Gasteiger partial charge in [-0.3, -0.25) is 13.9 Å². The Balaban J connectivity index is 2.10. The summed E-state index contributed by atoms with van der Waals surface area (Å²) in [6.45, 7) is 4.72. The largest absolute Gasteiger partial charge is 0.497 e. The number of ether oxygens (including phenoxy) is 2. The summed E-state index contributed by atoms with van der Waals surface area (Å²) in [7, 11) is -1.41. The molecule has 0 aliphatic carbocycles. The van der Waals surface area contributed by atoms with Crippen LogP contribution in [0.5, 0.6) is 11.5 Å². The van der Waals surface area contributed by atoms with Crippen LogP contribution in [0.15, 0.2) is 77.7 Å². The lowest BCUT2D eigenvalue weighted by molar-refractivity contribution is -0.140. The van der Waals surface area contributed by atoms with Crippen LogP contribution in [0.25, 0.3) is 0 Å². The number of para-hydroxylation sites is 2. The molecule has 0 heterocycles. The minimum atomic E-state index is -4.29. The second-order valence-corrected chi connectivity index (χ2v) is 11.5. The maximum Gasteiger partial charge on any atom is 0.264 e. The van der Waals surface area contributed by atoms with Crippen molar-refractivity contribution in [2.24, 2.45) is 0 Å². The summed E-state index contributed by atoms with van der Waals surface area (Å²) in [4.78, 5) is 28.5. The summed E-state index contributed by atoms with van der Waals surface area (Å²) >= 11 is 0. The van der Waals surface area contributed by atoms with E-state index in [0.29, 0.717) is 11.3 Å². The van der Waals surface area contributed by atoms with Gasteiger partial charge in [-0.25, -0.2) is 12.8 Å². The number of carbonyl (C=O) groups is 2. The van der Waals surface area contributed by atoms with Gasteiger partial charge in [0.05, 0.1) is 24.8 Å². The number of nitrogens with zero attached hydrogens (tertiary/aromatic N) is 2. The molecule has 0 saturated carbocycles. The summed E-state index contributed by atoms with van der Waals surface area (Å²) < 4.78 is 53.2. The van der Waals surface area contributed by atoms with E-state index < -0.39 is 34.3 Å². The fraction of sp³-hybridized carbons (Fsp3) is 0.333. The molecule has 1 N–H and O–H groups in total. The van der Waals surface area contributed by atoms with Crippen LogP contribution in [0.2, 0.25) is 0 Å². The zero-order valence-electron chi connectivity index (χ0n) is 23.8. The molecule has 3 rings (SSSR count). The van der Waals surface area contributed by atoms with E-state index in [0.717, 1.165) is 4.31 Å². The lowest BCUT2D eigenvalue weighted by Gasteiger charge is -2.33. The molecule has 11 heteroatoms. The van der Waals surface area contributed by atoms with Crippen molar-refractivity contribution in [1.29, 1.82) is 0 Å². The Kier molecular flexibility index (Phi) is 10.7. The van der Waals surface area contributed by atoms with E-state index >= 15 is 0 Å². The van der Waals surface area contributed by atoms with Crippen LogP contribution < -0.4 is 19.1 Å². The van der Waals surface area contributed by atoms with E-state index in [4.69, 9.17) is 9.47 Å². The Morgan fingerprint density at radius 2 is 1.56 bits per heavy atom. The third-order valence-corrected chi connectivity index (χ3v) is 8.14. The lowest BCUT2D eigenvalue weighted by atomic mass is 10.1. The molecule has 9 nitrogen and oxygen atoms in total. The van der Waals surface area contributed by atoms with Gasteiger partial charge >= 0.3 is 0 Å². The van der Waals surface area contributed by atoms with Crippen molar-refractivity contribution in [1.82, 2.24) is 10.2 Å². The molecule has 0 saturated heterocycles. The number of benzene rings is 3. The van der Waals surface area contributed by atoms with Crippen molar-refractivity contribution >= 4 is 27.5 Å². The standard InChI is InChI=1S/C30H36FN3O6S/c1-6-26(30(36)32-21(2)3)33(19-22-11-13-23(31)14-12-22)29(35)20-34(27-9-7-8-10-28(27)40-5)41(37,38)25-17-15-24(39-4)16-18-25/h7-18,21,26H,6,19-20H2,1-5H3,(H,32,36). The summed E-state index contributed by atoms with van der Waals surface area (Å²) in [5.74, 6) is -0.726. The fourth-order valence-electron chi connectivity index (χ4n) is 4.31. The average molecular weight is 586 g/mol. The normalized spacial score (nSPS) is 12.0. The molecule has 0 aliphatic rings. The molecule has 1 unspecified atom stereocenters. The predicted octanol–water partition coefficient (Wildman–Crippen LogP) is 4.37. The van der Waals surface area contributed by atoms with Crippen LogP contribution in [0.3, 0.4) is 0 Å². The van der Waals surface area contributed by atoms with E-state index in [1.165, 1.54) is 67.7 Å². The van der Waals surface area contributed by atoms with E-state index in [2.05, 4.69) is 5.32 Å². The Morgan fingerprint density at radius 1 is 0.927 bits per heavy atom. The third kappa shape index (κ3) is 7.75. The highest BCUT2D eigenvalue weighted by atomic mass is 32.2. The van der Waals surface area contributed by atoms with Crippen molar-refractivity contribution in [3.8, 4) is 11.5 Å². The zero-order chi connectivity index (χ0) is 30.2. The summed E-state index contributed by atoms with van der Waals surface area (Å²) in [5, 5.41) is 2.84. The van der Waals surface area contributed by atoms with Gasteiger partial charge in [0.25, 0.3) is 10.0 Å². The highest BCUT2D eigenvalue weighted by Gasteiger charge is 2.34. The molecule has 0 aliphatic heterocycles. The van der Waals surface area contributed by atoms with Crippen molar-refractivity contribution in [2.45, 2.75) is 50.7 Å². The Labute approximate surface area is 240 Å². The first-order chi connectivity index (χ1) is 19.5. The van der Waals surface area contributed by atoms with Crippen molar-refractivity contribution in [2.75, 3.05) is 25.1 Å². The topological polar surface area (TPSA) is 105 Å². The smallest absolute Gasteiger partial charge is 0.264 e. The molecular weight excluding hydrogens is 549 g/mol. The Bertz CT molecular complexity index is 1430. The van der Waals surface area contributed by atoms with Crippen LogP contribution in [0.1, 0.15) is 32.8 Å². The number of hydrogen-bond acceptors (Lipinski definition) is 6. The summed E-state index contributed by atoms with van der Waals surface area (Å²) in [5.41, 5.74) is 0.734. The monoisotopic (exact) mass is 585 g/mol. The Morgan fingerprint density at radius 3 is 2.12 bits per heavy atom. The van der Waals surface area contributed by atoms with Crippen LogP contribution in [-0.4, -0.2) is 58.0 Å². The number of carbonyl (C=O) groups excluding carboxylic acids is 2. The zero-order valence-corrected chi connectivity index (χ0v) is 24.7. The second-order valence-electron chi connectivity index (χ2n) is 9.59. The van der Waals surface area contributed by atoms with Gasteiger partial charge in [0.15, 0.2) is 0 Å². The number of sulfonamides is 1. The molecule has 220 valence electrons. The second kappa shape index (κ2) is 14.0. The van der Waals surface area contributed by atoms with E-state index in [1.54, 1.807) is 31.2 Å². The highest BCUT2D eigenvalue weighted by molar-refractivity contribution is 7.92. The first kappa shape index (κ1) is 31.4. The van der Waals surface area contributed by atoms with Gasteiger partial charge in [-0.05, 0) is 74.4 Å². The van der Waals surface area contributed by atoms with Crippen LogP contribution >= 0.6 is 0 Å². The minimum absolute atomic E-state index is 0.0362. The number of methoxy groups -OCH3 is 2. The lowest BCUT2D eigenvalue weighted by Crippen LogP contribution is -2.53. The molecule has 0 spiro atoms. The van der Waals surface area contributed by atoms with Gasteiger partial charge < -0.3 is 19.7 Å². The molecule has 1 atom stereocenters. The van der Waals surface area contributed by atoms with Gasteiger partial charge in [-0.15, -0.1) is 0 Å². The van der Waals surface area contributed by atoms with Gasteiger partial charge in [0.1, 0.15) is 29.9 Å². The van der Waals surface area contributed by atoms with E-state index in [-0.39, 0.29) is 41.2 Å². The van der Waals surface area contributed by atoms with Crippen LogP contribution in [-0.2, 0) is 26.2 Å². The quantitative estimate of drug-likeness (QED) is 0.320. The first-order valence-corrected chi connectivity index (χ1v) is 14.6. The van der Waals surface area contributed by atoms with Gasteiger partial charge in [-0.2, -0.15) is 0 Å². The highest BCUT2D eigenvalue weighted by Crippen LogP contribution is 2.33. The van der Waals surface area contributed by atoms with Gasteiger partial charge in [0.2, 0.25) is 11.8 Å². The fourth-order valence-corrected chi connectivity index (χ4v) is 5.74. The predicted molar refractivity (Wildman–Crippen MR) is 155 cm³/mol. The maximum absolute atomic E-state index is 14.1. The van der Waals surface area contributed by atoms with Gasteiger partial charge in [0, 0.05) is 12.6 Å². The molecular formula is C30H36FN3O6S. The van der Waals surface area contributed by atoms with Crippen molar-refractivity contribution in [3.05, 3.63) is 84.2 Å². The molecule has 0 bridgehead atoms. The minimum Gasteiger partial charge on any atom is -0.497 e. The van der Waals surface area contributed by atoms with Crippen molar-refractivity contribution in [3.63, 3.8) is 0 Å². The van der Waals surface area contributed by atoms with Crippen molar-refractivity contribution < 1.29 is 31.9 Å². The van der Waals surface area contributed by atoms with E-state index in [1.807, 2.05) is 13.8 Å².